The largest absolute Gasteiger partial charge is 0.507 e. The predicted molar refractivity (Wildman–Crippen MR) is 177 cm³/mol. The first kappa shape index (κ1) is 32.4. The molecule has 9 nitrogen and oxygen atoms in total. The number of phenols is 1. The maximum Gasteiger partial charge on any atom is 0.278 e. The number of rotatable bonds is 13. The van der Waals surface area contributed by atoms with E-state index >= 15 is 0 Å². The first-order chi connectivity index (χ1) is 20.5. The van der Waals surface area contributed by atoms with Gasteiger partial charge in [0.2, 0.25) is 0 Å². The van der Waals surface area contributed by atoms with Gasteiger partial charge in [-0.05, 0) is 56.5 Å². The minimum absolute atomic E-state index is 0.0187. The first-order valence-electron chi connectivity index (χ1n) is 15.3. The van der Waals surface area contributed by atoms with Crippen molar-refractivity contribution >= 4 is 32.8 Å². The highest BCUT2D eigenvalue weighted by molar-refractivity contribution is 7.19. The summed E-state index contributed by atoms with van der Waals surface area (Å²) in [5, 5.41) is 26.8. The molecule has 0 fully saturated rings. The summed E-state index contributed by atoms with van der Waals surface area (Å²) in [6, 6.07) is 9.02. The number of benzene rings is 1. The zero-order chi connectivity index (χ0) is 31.3. The van der Waals surface area contributed by atoms with Crippen molar-refractivity contribution in [1.29, 1.82) is 0 Å². The van der Waals surface area contributed by atoms with Gasteiger partial charge in [-0.1, -0.05) is 65.2 Å². The Morgan fingerprint density at radius 2 is 1.93 bits per heavy atom. The number of hydrogen-bond acceptors (Lipinski definition) is 9. The molecule has 1 aliphatic heterocycles. The molecule has 0 saturated heterocycles. The van der Waals surface area contributed by atoms with E-state index < -0.39 is 5.41 Å². The minimum Gasteiger partial charge on any atom is -0.507 e. The van der Waals surface area contributed by atoms with E-state index in [4.69, 9.17) is 19.8 Å². The van der Waals surface area contributed by atoms with E-state index in [0.29, 0.717) is 58.9 Å². The molecule has 1 aromatic carbocycles. The molecule has 10 heteroatoms. The number of phenolic OH excluding ortho intramolecular Hbond substituents is 1. The maximum atomic E-state index is 13.7. The van der Waals surface area contributed by atoms with Crippen molar-refractivity contribution in [2.24, 2.45) is 21.4 Å². The summed E-state index contributed by atoms with van der Waals surface area (Å²) in [4.78, 5) is 25.7. The Balaban J connectivity index is 1.77. The van der Waals surface area contributed by atoms with Crippen LogP contribution in [0.1, 0.15) is 78.6 Å². The van der Waals surface area contributed by atoms with Crippen molar-refractivity contribution in [3.05, 3.63) is 52.1 Å². The molecule has 232 valence electrons. The van der Waals surface area contributed by atoms with Gasteiger partial charge in [0.25, 0.3) is 5.56 Å². The molecule has 0 spiro atoms. The van der Waals surface area contributed by atoms with Gasteiger partial charge in [0.15, 0.2) is 5.82 Å². The number of unbranched alkanes of at least 4 members (excludes halogenated alkanes) is 1. The molecular formula is C33H45N5O4S. The number of ether oxygens (including phenoxy) is 1. The van der Waals surface area contributed by atoms with E-state index in [2.05, 4.69) is 18.7 Å². The average molecular weight is 608 g/mol. The molecule has 1 unspecified atom stereocenters. The van der Waals surface area contributed by atoms with Crippen LogP contribution >= 0.6 is 11.3 Å². The van der Waals surface area contributed by atoms with Crippen LogP contribution < -0.4 is 15.2 Å². The minimum atomic E-state index is -0.414. The van der Waals surface area contributed by atoms with Crippen molar-refractivity contribution in [3.63, 3.8) is 0 Å². The van der Waals surface area contributed by atoms with Gasteiger partial charge in [-0.2, -0.15) is 9.78 Å². The molecular weight excluding hydrogens is 562 g/mol. The van der Waals surface area contributed by atoms with E-state index in [9.17, 15) is 15.0 Å². The SMILES string of the molecule is CCCCC(CC)COc1ccc(O)c(-c2nc3n(c(=O)c2C)N=C(C(C)(C)C)C3=Nc2ccc(N(CC)CCO)s2)c1. The number of aliphatic hydroxyl groups excluding tert-OH is 1. The highest BCUT2D eigenvalue weighted by atomic mass is 32.1. The van der Waals surface area contributed by atoms with E-state index in [0.717, 1.165) is 35.8 Å². The number of aliphatic hydroxyl groups is 1. The van der Waals surface area contributed by atoms with Gasteiger partial charge in [-0.25, -0.2) is 9.98 Å². The Labute approximate surface area is 258 Å². The molecule has 1 aliphatic rings. The van der Waals surface area contributed by atoms with Gasteiger partial charge >= 0.3 is 0 Å². The molecule has 1 atom stereocenters. The van der Waals surface area contributed by atoms with Crippen LogP contribution in [0.5, 0.6) is 11.5 Å². The highest BCUT2D eigenvalue weighted by Gasteiger charge is 2.35. The molecule has 4 rings (SSSR count). The van der Waals surface area contributed by atoms with Crippen LogP contribution in [0.15, 0.2) is 45.2 Å². The number of aromatic nitrogens is 2. The number of nitrogens with zero attached hydrogens (tertiary/aromatic N) is 5. The Morgan fingerprint density at radius 1 is 1.16 bits per heavy atom. The zero-order valence-corrected chi connectivity index (χ0v) is 27.3. The molecule has 43 heavy (non-hydrogen) atoms. The fourth-order valence-corrected chi connectivity index (χ4v) is 6.05. The van der Waals surface area contributed by atoms with Gasteiger partial charge in [0.05, 0.1) is 29.6 Å². The predicted octanol–water partition coefficient (Wildman–Crippen LogP) is 6.78. The number of aromatic hydroxyl groups is 1. The van der Waals surface area contributed by atoms with E-state index in [1.807, 2.05) is 39.8 Å². The number of anilines is 1. The van der Waals surface area contributed by atoms with Crippen LogP contribution in [0.3, 0.4) is 0 Å². The lowest BCUT2D eigenvalue weighted by Crippen LogP contribution is -2.28. The van der Waals surface area contributed by atoms with Crippen LogP contribution in [-0.4, -0.2) is 57.6 Å². The normalized spacial score (nSPS) is 14.6. The molecule has 0 bridgehead atoms. The van der Waals surface area contributed by atoms with Gasteiger partial charge in [0, 0.05) is 29.6 Å². The van der Waals surface area contributed by atoms with Crippen LogP contribution in [0.25, 0.3) is 11.3 Å². The molecule has 3 aromatic rings. The van der Waals surface area contributed by atoms with Crippen LogP contribution in [0.4, 0.5) is 10.0 Å². The summed E-state index contributed by atoms with van der Waals surface area (Å²) in [5.74, 6) is 1.44. The lowest BCUT2D eigenvalue weighted by atomic mass is 9.87. The molecule has 0 saturated carbocycles. The first-order valence-corrected chi connectivity index (χ1v) is 16.1. The molecule has 0 amide bonds. The third-order valence-corrected chi connectivity index (χ3v) is 8.79. The summed E-state index contributed by atoms with van der Waals surface area (Å²) in [6.07, 6.45) is 4.47. The van der Waals surface area contributed by atoms with E-state index in [-0.39, 0.29) is 17.9 Å². The number of aliphatic imine (C=N–C) groups is 1. The fraction of sp³-hybridized carbons (Fsp3) is 0.515. The van der Waals surface area contributed by atoms with Crippen LogP contribution in [-0.2, 0) is 0 Å². The summed E-state index contributed by atoms with van der Waals surface area (Å²) in [6.45, 7) is 16.2. The fourth-order valence-electron chi connectivity index (χ4n) is 5.07. The Morgan fingerprint density at radius 3 is 2.58 bits per heavy atom. The molecule has 3 heterocycles. The zero-order valence-electron chi connectivity index (χ0n) is 26.5. The molecule has 0 radical (unpaired) electrons. The third kappa shape index (κ3) is 7.18. The molecule has 2 aromatic heterocycles. The quantitative estimate of drug-likeness (QED) is 0.221. The van der Waals surface area contributed by atoms with Gasteiger partial charge in [-0.3, -0.25) is 4.79 Å². The van der Waals surface area contributed by atoms with Gasteiger partial charge < -0.3 is 19.8 Å². The second kappa shape index (κ2) is 13.9. The van der Waals surface area contributed by atoms with Crippen molar-refractivity contribution < 1.29 is 14.9 Å². The smallest absolute Gasteiger partial charge is 0.278 e. The number of fused-ring (bicyclic) bond motifs is 1. The van der Waals surface area contributed by atoms with E-state index in [1.165, 1.54) is 22.4 Å². The molecule has 0 aliphatic carbocycles. The molecule has 2 N–H and O–H groups in total. The third-order valence-electron chi connectivity index (χ3n) is 7.75. The Hall–Kier alpha value is -3.50. The maximum absolute atomic E-state index is 13.7. The summed E-state index contributed by atoms with van der Waals surface area (Å²) >= 11 is 1.51. The monoisotopic (exact) mass is 607 g/mol. The van der Waals surface area contributed by atoms with Gasteiger partial charge in [-0.15, -0.1) is 0 Å². The lowest BCUT2D eigenvalue weighted by Gasteiger charge is -2.19. The summed E-state index contributed by atoms with van der Waals surface area (Å²) in [7, 11) is 0. The topological polar surface area (TPSA) is 113 Å². The Kier molecular flexibility index (Phi) is 10.4. The number of likely N-dealkylation sites (N-methyl/N-ethyl adjacent to an activating group) is 1. The average Bonchev–Trinajstić information content (AvgIpc) is 3.60. The van der Waals surface area contributed by atoms with Gasteiger partial charge in [0.1, 0.15) is 22.2 Å². The number of thiophene rings is 1. The number of hydrogen-bond donors (Lipinski definition) is 2. The van der Waals surface area contributed by atoms with Crippen molar-refractivity contribution in [1.82, 2.24) is 9.66 Å². The lowest BCUT2D eigenvalue weighted by molar-refractivity contribution is 0.233. The van der Waals surface area contributed by atoms with Crippen LogP contribution in [0.2, 0.25) is 0 Å². The Bertz CT molecular complexity index is 1550. The second-order valence-corrected chi connectivity index (χ2v) is 13.0. The highest BCUT2D eigenvalue weighted by Crippen LogP contribution is 2.36. The summed E-state index contributed by atoms with van der Waals surface area (Å²) in [5.41, 5.74) is 1.65. The summed E-state index contributed by atoms with van der Waals surface area (Å²) < 4.78 is 7.49. The second-order valence-electron chi connectivity index (χ2n) is 12.0. The van der Waals surface area contributed by atoms with Crippen molar-refractivity contribution in [3.8, 4) is 22.8 Å². The van der Waals surface area contributed by atoms with E-state index in [1.54, 1.807) is 25.1 Å². The van der Waals surface area contributed by atoms with Crippen molar-refractivity contribution in [2.75, 3.05) is 31.2 Å². The van der Waals surface area contributed by atoms with Crippen LogP contribution in [0, 0.1) is 18.3 Å². The standard InChI is InChI=1S/C33H45N5O4S/c1-8-11-12-22(9-2)20-42-23-13-14-25(40)24(19-23)28-21(4)32(41)38-31(35-28)29(30(36-38)33(5,6)7)34-26-15-16-27(43-26)37(10-3)17-18-39/h13-16,19,22,39-40H,8-12,17-18,20H2,1-7H3. The van der Waals surface area contributed by atoms with Crippen molar-refractivity contribution in [2.45, 2.75) is 74.1 Å².